The van der Waals surface area contributed by atoms with Crippen molar-refractivity contribution in [3.63, 3.8) is 0 Å². The molecule has 0 bridgehead atoms. The normalized spacial score (nSPS) is 11.9. The second-order valence-electron chi connectivity index (χ2n) is 2.85. The predicted octanol–water partition coefficient (Wildman–Crippen LogP) is 0.484. The van der Waals surface area contributed by atoms with Crippen molar-refractivity contribution in [3.05, 3.63) is 18.3 Å². The van der Waals surface area contributed by atoms with Crippen LogP contribution in [-0.4, -0.2) is 20.5 Å². The highest BCUT2D eigenvalue weighted by Crippen LogP contribution is 2.27. The molecule has 2 aromatic rings. The van der Waals surface area contributed by atoms with E-state index in [4.69, 9.17) is 14.3 Å². The number of hydrogen-bond donors (Lipinski definition) is 1. The van der Waals surface area contributed by atoms with Crippen molar-refractivity contribution in [2.45, 2.75) is 5.09 Å². The minimum absolute atomic E-state index is 0.224. The van der Waals surface area contributed by atoms with E-state index in [-0.39, 0.29) is 16.6 Å². The molecule has 2 rings (SSSR count). The van der Waals surface area contributed by atoms with Gasteiger partial charge in [-0.05, 0) is 6.07 Å². The average molecular weight is 228 g/mol. The monoisotopic (exact) mass is 228 g/mol. The highest BCUT2D eigenvalue weighted by Gasteiger charge is 2.16. The standard InChI is InChI=1S/C8H8N2O4S/c1-13-8-7-5(2-3-10-8)4-6(14-7)15(9,11)12/h2-4H,1H3,(H2,9,11,12). The molecule has 7 heteroatoms. The molecule has 0 spiro atoms. The number of sulfonamides is 1. The van der Waals surface area contributed by atoms with Crippen molar-refractivity contribution in [1.82, 2.24) is 4.98 Å². The third-order valence-corrected chi connectivity index (χ3v) is 2.61. The maximum Gasteiger partial charge on any atom is 0.271 e. The van der Waals surface area contributed by atoms with Crippen LogP contribution in [0, 0.1) is 0 Å². The lowest BCUT2D eigenvalue weighted by Gasteiger charge is -1.96. The number of ether oxygens (including phenoxy) is 1. The van der Waals surface area contributed by atoms with Gasteiger partial charge in [-0.15, -0.1) is 0 Å². The van der Waals surface area contributed by atoms with Crippen LogP contribution in [0.25, 0.3) is 11.0 Å². The molecule has 0 unspecified atom stereocenters. The molecule has 0 aromatic carbocycles. The number of nitrogens with two attached hydrogens (primary N) is 1. The van der Waals surface area contributed by atoms with Gasteiger partial charge in [0.25, 0.3) is 15.9 Å². The summed E-state index contributed by atoms with van der Waals surface area (Å²) in [6.45, 7) is 0. The van der Waals surface area contributed by atoms with Crippen LogP contribution < -0.4 is 9.88 Å². The molecule has 2 aromatic heterocycles. The molecule has 2 N–H and O–H groups in total. The third-order valence-electron chi connectivity index (χ3n) is 1.85. The zero-order valence-corrected chi connectivity index (χ0v) is 8.61. The van der Waals surface area contributed by atoms with Gasteiger partial charge in [0.2, 0.25) is 5.09 Å². The summed E-state index contributed by atoms with van der Waals surface area (Å²) in [6.07, 6.45) is 1.49. The highest BCUT2D eigenvalue weighted by molar-refractivity contribution is 7.89. The van der Waals surface area contributed by atoms with Gasteiger partial charge in [0.15, 0.2) is 5.58 Å². The smallest absolute Gasteiger partial charge is 0.271 e. The largest absolute Gasteiger partial charge is 0.478 e. The van der Waals surface area contributed by atoms with Crippen molar-refractivity contribution < 1.29 is 17.6 Å². The average Bonchev–Trinajstić information content (AvgIpc) is 2.59. The first kappa shape index (κ1) is 9.94. The Morgan fingerprint density at radius 1 is 1.53 bits per heavy atom. The van der Waals surface area contributed by atoms with E-state index in [1.54, 1.807) is 6.07 Å². The Morgan fingerprint density at radius 2 is 2.27 bits per heavy atom. The van der Waals surface area contributed by atoms with Crippen LogP contribution in [0.2, 0.25) is 0 Å². The zero-order chi connectivity index (χ0) is 11.1. The fraction of sp³-hybridized carbons (Fsp3) is 0.125. The van der Waals surface area contributed by atoms with Gasteiger partial charge < -0.3 is 9.15 Å². The van der Waals surface area contributed by atoms with Gasteiger partial charge in [-0.1, -0.05) is 0 Å². The number of aromatic nitrogens is 1. The summed E-state index contributed by atoms with van der Waals surface area (Å²) in [6, 6.07) is 2.94. The maximum absolute atomic E-state index is 11.0. The van der Waals surface area contributed by atoms with E-state index in [0.717, 1.165) is 0 Å². The van der Waals surface area contributed by atoms with Gasteiger partial charge in [0.05, 0.1) is 7.11 Å². The molecule has 80 valence electrons. The number of nitrogens with zero attached hydrogens (tertiary/aromatic N) is 1. The minimum Gasteiger partial charge on any atom is -0.478 e. The first-order valence-electron chi connectivity index (χ1n) is 3.97. The van der Waals surface area contributed by atoms with E-state index < -0.39 is 10.0 Å². The Kier molecular flexibility index (Phi) is 2.13. The molecule has 0 amide bonds. The van der Waals surface area contributed by atoms with Crippen LogP contribution in [0.3, 0.4) is 0 Å². The highest BCUT2D eigenvalue weighted by atomic mass is 32.2. The number of hydrogen-bond acceptors (Lipinski definition) is 5. The summed E-state index contributed by atoms with van der Waals surface area (Å²) in [5.41, 5.74) is 0.268. The van der Waals surface area contributed by atoms with Crippen LogP contribution in [0.15, 0.2) is 27.8 Å². The third kappa shape index (κ3) is 1.66. The van der Waals surface area contributed by atoms with Crippen molar-refractivity contribution in [3.8, 4) is 5.88 Å². The Labute approximate surface area is 85.7 Å². The quantitative estimate of drug-likeness (QED) is 0.806. The fourth-order valence-corrected chi connectivity index (χ4v) is 1.69. The summed E-state index contributed by atoms with van der Waals surface area (Å²) in [5.74, 6) is 0.224. The summed E-state index contributed by atoms with van der Waals surface area (Å²) in [7, 11) is -2.42. The van der Waals surface area contributed by atoms with Crippen LogP contribution >= 0.6 is 0 Å². The van der Waals surface area contributed by atoms with Crippen molar-refractivity contribution in [1.29, 1.82) is 0 Å². The molecule has 0 radical (unpaired) electrons. The summed E-state index contributed by atoms with van der Waals surface area (Å²) >= 11 is 0. The molecule has 6 nitrogen and oxygen atoms in total. The lowest BCUT2D eigenvalue weighted by Crippen LogP contribution is -2.10. The van der Waals surface area contributed by atoms with E-state index in [9.17, 15) is 8.42 Å². The number of rotatable bonds is 2. The Morgan fingerprint density at radius 3 is 2.87 bits per heavy atom. The van der Waals surface area contributed by atoms with E-state index in [1.165, 1.54) is 19.4 Å². The number of pyridine rings is 1. The zero-order valence-electron chi connectivity index (χ0n) is 7.80. The lowest BCUT2D eigenvalue weighted by atomic mass is 10.3. The van der Waals surface area contributed by atoms with Gasteiger partial charge in [-0.25, -0.2) is 18.5 Å². The van der Waals surface area contributed by atoms with Gasteiger partial charge in [0, 0.05) is 17.6 Å². The summed E-state index contributed by atoms with van der Waals surface area (Å²) in [5, 5.41) is 5.20. The molecule has 0 fully saturated rings. The van der Waals surface area contributed by atoms with Gasteiger partial charge in [-0.2, -0.15) is 0 Å². The van der Waals surface area contributed by atoms with Crippen molar-refractivity contribution >= 4 is 21.0 Å². The van der Waals surface area contributed by atoms with E-state index in [2.05, 4.69) is 4.98 Å². The molecular formula is C8H8N2O4S. The van der Waals surface area contributed by atoms with Crippen LogP contribution in [0.1, 0.15) is 0 Å². The van der Waals surface area contributed by atoms with Crippen LogP contribution in [0.4, 0.5) is 0 Å². The molecule has 15 heavy (non-hydrogen) atoms. The van der Waals surface area contributed by atoms with E-state index in [0.29, 0.717) is 5.39 Å². The molecule has 0 saturated heterocycles. The van der Waals surface area contributed by atoms with Crippen molar-refractivity contribution in [2.75, 3.05) is 7.11 Å². The Balaban J connectivity index is 2.76. The fourth-order valence-electron chi connectivity index (χ4n) is 1.20. The maximum atomic E-state index is 11.0. The van der Waals surface area contributed by atoms with Gasteiger partial charge in [0.1, 0.15) is 0 Å². The second kappa shape index (κ2) is 3.21. The molecule has 0 aliphatic heterocycles. The molecule has 0 aliphatic carbocycles. The van der Waals surface area contributed by atoms with Crippen molar-refractivity contribution in [2.24, 2.45) is 5.14 Å². The molecular weight excluding hydrogens is 220 g/mol. The van der Waals surface area contributed by atoms with Gasteiger partial charge in [-0.3, -0.25) is 0 Å². The first-order valence-corrected chi connectivity index (χ1v) is 5.52. The second-order valence-corrected chi connectivity index (χ2v) is 4.34. The SMILES string of the molecule is COc1nccc2cc(S(N)(=O)=O)oc12. The van der Waals surface area contributed by atoms with E-state index in [1.807, 2.05) is 0 Å². The molecule has 2 heterocycles. The minimum atomic E-state index is -3.84. The van der Waals surface area contributed by atoms with Gasteiger partial charge >= 0.3 is 0 Å². The Hall–Kier alpha value is -1.60. The summed E-state index contributed by atoms with van der Waals surface area (Å²) < 4.78 is 32.0. The number of methoxy groups -OCH3 is 1. The predicted molar refractivity (Wildman–Crippen MR) is 51.9 cm³/mol. The number of primary sulfonamides is 1. The molecule has 0 atom stereocenters. The van der Waals surface area contributed by atoms with Crippen LogP contribution in [-0.2, 0) is 10.0 Å². The Bertz CT molecular complexity index is 602. The summed E-state index contributed by atoms with van der Waals surface area (Å²) in [4.78, 5) is 3.87. The number of fused-ring (bicyclic) bond motifs is 1. The number of furan rings is 1. The first-order chi connectivity index (χ1) is 7.02. The lowest BCUT2D eigenvalue weighted by molar-refractivity contribution is 0.386. The molecule has 0 saturated carbocycles. The molecule has 0 aliphatic rings. The topological polar surface area (TPSA) is 95.4 Å². The van der Waals surface area contributed by atoms with E-state index >= 15 is 0 Å². The van der Waals surface area contributed by atoms with Crippen LogP contribution in [0.5, 0.6) is 5.88 Å².